The van der Waals surface area contributed by atoms with Crippen LogP contribution in [-0.4, -0.2) is 26.5 Å². The van der Waals surface area contributed by atoms with E-state index in [9.17, 15) is 4.79 Å². The minimum Gasteiger partial charge on any atom is -0.319 e. The summed E-state index contributed by atoms with van der Waals surface area (Å²) in [6.07, 6.45) is 0.847. The van der Waals surface area contributed by atoms with E-state index in [1.165, 1.54) is 0 Å². The first-order valence-corrected chi connectivity index (χ1v) is 7.21. The Bertz CT molecular complexity index is 622. The van der Waals surface area contributed by atoms with Gasteiger partial charge in [0.25, 0.3) is 5.91 Å². The van der Waals surface area contributed by atoms with Crippen LogP contribution in [0.2, 0.25) is 0 Å². The lowest BCUT2D eigenvalue weighted by atomic mass is 10.0. The maximum absolute atomic E-state index is 12.8. The number of hydrogen-bond acceptors (Lipinski definition) is 2. The van der Waals surface area contributed by atoms with Crippen LogP contribution < -0.4 is 10.2 Å². The summed E-state index contributed by atoms with van der Waals surface area (Å²) in [5, 5.41) is 3.13. The van der Waals surface area contributed by atoms with Gasteiger partial charge in [-0.15, -0.1) is 0 Å². The molecule has 0 spiro atoms. The van der Waals surface area contributed by atoms with Crippen molar-refractivity contribution < 1.29 is 4.79 Å². The van der Waals surface area contributed by atoms with E-state index >= 15 is 0 Å². The lowest BCUT2D eigenvalue weighted by Crippen LogP contribution is -2.28. The molecule has 110 valence electrons. The van der Waals surface area contributed by atoms with Crippen LogP contribution in [0.4, 0.5) is 5.69 Å². The Hall–Kier alpha value is -2.13. The third-order valence-electron chi connectivity index (χ3n) is 3.67. The monoisotopic (exact) mass is 282 g/mol. The first kappa shape index (κ1) is 15.3. The van der Waals surface area contributed by atoms with Gasteiger partial charge >= 0.3 is 0 Å². The molecule has 21 heavy (non-hydrogen) atoms. The molecule has 0 fully saturated rings. The number of rotatable bonds is 5. The van der Waals surface area contributed by atoms with Crippen LogP contribution in [-0.2, 0) is 6.42 Å². The Morgan fingerprint density at radius 2 is 1.76 bits per heavy atom. The standard InChI is InChI=1S/C18H22N2O/c1-14-8-4-7-11-17(14)20(3)18(21)16-10-6-5-9-15(16)12-13-19-2/h4-11,19H,12-13H2,1-3H3. The molecule has 0 aromatic heterocycles. The third-order valence-corrected chi connectivity index (χ3v) is 3.67. The first-order chi connectivity index (χ1) is 10.1. The number of aryl methyl sites for hydroxylation is 1. The molecule has 2 aromatic carbocycles. The molecule has 3 nitrogen and oxygen atoms in total. The summed E-state index contributed by atoms with van der Waals surface area (Å²) in [4.78, 5) is 14.5. The van der Waals surface area contributed by atoms with Crippen LogP contribution in [0.25, 0.3) is 0 Å². The van der Waals surface area contributed by atoms with E-state index in [0.29, 0.717) is 0 Å². The lowest BCUT2D eigenvalue weighted by Gasteiger charge is -2.21. The Morgan fingerprint density at radius 3 is 2.48 bits per heavy atom. The van der Waals surface area contributed by atoms with E-state index in [1.54, 1.807) is 4.90 Å². The summed E-state index contributed by atoms with van der Waals surface area (Å²) in [5.41, 5.74) is 3.91. The highest BCUT2D eigenvalue weighted by molar-refractivity contribution is 6.07. The number of nitrogens with zero attached hydrogens (tertiary/aromatic N) is 1. The van der Waals surface area contributed by atoms with Gasteiger partial charge < -0.3 is 10.2 Å². The summed E-state index contributed by atoms with van der Waals surface area (Å²) in [7, 11) is 3.75. The highest BCUT2D eigenvalue weighted by Gasteiger charge is 2.17. The fourth-order valence-electron chi connectivity index (χ4n) is 2.44. The molecule has 0 heterocycles. The molecule has 2 rings (SSSR count). The van der Waals surface area contributed by atoms with Crippen molar-refractivity contribution in [3.05, 3.63) is 65.2 Å². The molecule has 0 aliphatic carbocycles. The van der Waals surface area contributed by atoms with Crippen molar-refractivity contribution in [1.29, 1.82) is 0 Å². The summed E-state index contributed by atoms with van der Waals surface area (Å²) in [6, 6.07) is 15.8. The second kappa shape index (κ2) is 7.04. The van der Waals surface area contributed by atoms with Crippen molar-refractivity contribution >= 4 is 11.6 Å². The molecular weight excluding hydrogens is 260 g/mol. The minimum absolute atomic E-state index is 0.0380. The van der Waals surface area contributed by atoms with Crippen molar-refractivity contribution in [1.82, 2.24) is 5.32 Å². The summed E-state index contributed by atoms with van der Waals surface area (Å²) >= 11 is 0. The average molecular weight is 282 g/mol. The van der Waals surface area contributed by atoms with Gasteiger partial charge in [-0.2, -0.15) is 0 Å². The number of carbonyl (C=O) groups is 1. The Kier molecular flexibility index (Phi) is 5.12. The van der Waals surface area contributed by atoms with Crippen LogP contribution in [0.3, 0.4) is 0 Å². The number of amides is 1. The van der Waals surface area contributed by atoms with Gasteiger partial charge in [0.1, 0.15) is 0 Å². The molecule has 1 amide bonds. The Balaban J connectivity index is 2.30. The van der Waals surface area contributed by atoms with Gasteiger partial charge in [-0.3, -0.25) is 4.79 Å². The number of likely N-dealkylation sites (N-methyl/N-ethyl adjacent to an activating group) is 1. The van der Waals surface area contributed by atoms with Gasteiger partial charge in [-0.25, -0.2) is 0 Å². The van der Waals surface area contributed by atoms with Gasteiger partial charge in [-0.05, 0) is 50.2 Å². The second-order valence-electron chi connectivity index (χ2n) is 5.16. The molecule has 0 bridgehead atoms. The zero-order valence-electron chi connectivity index (χ0n) is 12.9. The second-order valence-corrected chi connectivity index (χ2v) is 5.16. The van der Waals surface area contributed by atoms with Gasteiger partial charge in [0.05, 0.1) is 0 Å². The van der Waals surface area contributed by atoms with Crippen LogP contribution in [0.5, 0.6) is 0 Å². The molecule has 3 heteroatoms. The minimum atomic E-state index is 0.0380. The zero-order chi connectivity index (χ0) is 15.2. The van der Waals surface area contributed by atoms with E-state index in [4.69, 9.17) is 0 Å². The van der Waals surface area contributed by atoms with Crippen LogP contribution in [0.1, 0.15) is 21.5 Å². The Morgan fingerprint density at radius 1 is 1.10 bits per heavy atom. The van der Waals surface area contributed by atoms with Gasteiger partial charge in [0.2, 0.25) is 0 Å². The molecule has 0 unspecified atom stereocenters. The highest BCUT2D eigenvalue weighted by Crippen LogP contribution is 2.21. The van der Waals surface area contributed by atoms with E-state index in [1.807, 2.05) is 69.6 Å². The SMILES string of the molecule is CNCCc1ccccc1C(=O)N(C)c1ccccc1C. The molecule has 2 aromatic rings. The number of benzene rings is 2. The third kappa shape index (κ3) is 3.50. The number of nitrogens with one attached hydrogen (secondary N) is 1. The molecule has 0 radical (unpaired) electrons. The van der Waals surface area contributed by atoms with Crippen LogP contribution in [0.15, 0.2) is 48.5 Å². The maximum atomic E-state index is 12.8. The van der Waals surface area contributed by atoms with Crippen molar-refractivity contribution in [2.75, 3.05) is 25.5 Å². The Labute approximate surface area is 126 Å². The topological polar surface area (TPSA) is 32.3 Å². The molecule has 0 atom stereocenters. The fraction of sp³-hybridized carbons (Fsp3) is 0.278. The van der Waals surface area contributed by atoms with E-state index in [0.717, 1.165) is 35.3 Å². The predicted octanol–water partition coefficient (Wildman–Crippen LogP) is 3.03. The molecule has 0 saturated carbocycles. The molecule has 0 aliphatic rings. The molecule has 1 N–H and O–H groups in total. The maximum Gasteiger partial charge on any atom is 0.258 e. The summed E-state index contributed by atoms with van der Waals surface area (Å²) < 4.78 is 0. The lowest BCUT2D eigenvalue weighted by molar-refractivity contribution is 0.0992. The van der Waals surface area contributed by atoms with E-state index in [-0.39, 0.29) is 5.91 Å². The van der Waals surface area contributed by atoms with E-state index in [2.05, 4.69) is 5.32 Å². The van der Waals surface area contributed by atoms with Gasteiger partial charge in [0, 0.05) is 18.3 Å². The van der Waals surface area contributed by atoms with Crippen molar-refractivity contribution in [3.8, 4) is 0 Å². The number of carbonyl (C=O) groups excluding carboxylic acids is 1. The number of hydrogen-bond donors (Lipinski definition) is 1. The first-order valence-electron chi connectivity index (χ1n) is 7.21. The van der Waals surface area contributed by atoms with Crippen molar-refractivity contribution in [2.24, 2.45) is 0 Å². The number of para-hydroxylation sites is 1. The van der Waals surface area contributed by atoms with Crippen molar-refractivity contribution in [3.63, 3.8) is 0 Å². The quantitative estimate of drug-likeness (QED) is 0.914. The zero-order valence-corrected chi connectivity index (χ0v) is 12.9. The molecule has 0 aliphatic heterocycles. The normalized spacial score (nSPS) is 10.4. The largest absolute Gasteiger partial charge is 0.319 e. The van der Waals surface area contributed by atoms with E-state index < -0.39 is 0 Å². The smallest absolute Gasteiger partial charge is 0.258 e. The van der Waals surface area contributed by atoms with Crippen LogP contribution >= 0.6 is 0 Å². The molecular formula is C18H22N2O. The van der Waals surface area contributed by atoms with Crippen LogP contribution in [0, 0.1) is 6.92 Å². The summed E-state index contributed by atoms with van der Waals surface area (Å²) in [6.45, 7) is 2.88. The number of anilines is 1. The van der Waals surface area contributed by atoms with Crippen molar-refractivity contribution in [2.45, 2.75) is 13.3 Å². The molecule has 0 saturated heterocycles. The fourth-order valence-corrected chi connectivity index (χ4v) is 2.44. The summed E-state index contributed by atoms with van der Waals surface area (Å²) in [5.74, 6) is 0.0380. The predicted molar refractivity (Wildman–Crippen MR) is 88.0 cm³/mol. The van der Waals surface area contributed by atoms with Gasteiger partial charge in [-0.1, -0.05) is 36.4 Å². The highest BCUT2D eigenvalue weighted by atomic mass is 16.2. The van der Waals surface area contributed by atoms with Gasteiger partial charge in [0.15, 0.2) is 0 Å². The average Bonchev–Trinajstić information content (AvgIpc) is 2.52.